The zero-order chi connectivity index (χ0) is 14.4. The molecular formula is C17H16O3. The first-order chi connectivity index (χ1) is 9.66. The van der Waals surface area contributed by atoms with Crippen LogP contribution >= 0.6 is 0 Å². The van der Waals surface area contributed by atoms with Gasteiger partial charge in [-0.05, 0) is 24.1 Å². The van der Waals surface area contributed by atoms with Crippen LogP contribution < -0.4 is 4.74 Å². The van der Waals surface area contributed by atoms with E-state index < -0.39 is 5.97 Å². The SMILES string of the molecule is CC(=O)Oc1ccccc1C(=O)CCc1ccccc1. The molecule has 102 valence electrons. The zero-order valence-electron chi connectivity index (χ0n) is 11.3. The number of para-hydroxylation sites is 1. The Morgan fingerprint density at radius 3 is 2.30 bits per heavy atom. The third-order valence-electron chi connectivity index (χ3n) is 2.92. The van der Waals surface area contributed by atoms with Crippen LogP contribution in [0.15, 0.2) is 54.6 Å². The van der Waals surface area contributed by atoms with E-state index in [9.17, 15) is 9.59 Å². The van der Waals surface area contributed by atoms with Crippen LogP contribution in [-0.2, 0) is 11.2 Å². The molecule has 0 aromatic heterocycles. The molecule has 0 saturated heterocycles. The first-order valence-corrected chi connectivity index (χ1v) is 6.51. The van der Waals surface area contributed by atoms with Gasteiger partial charge in [-0.2, -0.15) is 0 Å². The number of aryl methyl sites for hydroxylation is 1. The Kier molecular flexibility index (Phi) is 4.66. The summed E-state index contributed by atoms with van der Waals surface area (Å²) in [6, 6.07) is 16.7. The van der Waals surface area contributed by atoms with Crippen molar-refractivity contribution in [3.05, 3.63) is 65.7 Å². The molecule has 0 N–H and O–H groups in total. The smallest absolute Gasteiger partial charge is 0.308 e. The third-order valence-corrected chi connectivity index (χ3v) is 2.92. The Morgan fingerprint density at radius 1 is 0.950 bits per heavy atom. The fourth-order valence-corrected chi connectivity index (χ4v) is 1.98. The number of rotatable bonds is 5. The number of carbonyl (C=O) groups is 2. The summed E-state index contributed by atoms with van der Waals surface area (Å²) in [6.07, 6.45) is 1.07. The molecule has 0 spiro atoms. The largest absolute Gasteiger partial charge is 0.426 e. The lowest BCUT2D eigenvalue weighted by Crippen LogP contribution is -2.08. The molecule has 0 radical (unpaired) electrons. The van der Waals surface area contributed by atoms with Crippen LogP contribution in [0.5, 0.6) is 5.75 Å². The van der Waals surface area contributed by atoms with Crippen molar-refractivity contribution < 1.29 is 14.3 Å². The van der Waals surface area contributed by atoms with Crippen LogP contribution in [0.25, 0.3) is 0 Å². The maximum atomic E-state index is 12.2. The van der Waals surface area contributed by atoms with Crippen molar-refractivity contribution >= 4 is 11.8 Å². The highest BCUT2D eigenvalue weighted by Crippen LogP contribution is 2.20. The van der Waals surface area contributed by atoms with E-state index in [0.29, 0.717) is 24.2 Å². The van der Waals surface area contributed by atoms with E-state index in [-0.39, 0.29) is 5.78 Å². The number of ketones is 1. The van der Waals surface area contributed by atoms with Crippen LogP contribution in [0.2, 0.25) is 0 Å². The quantitative estimate of drug-likeness (QED) is 0.474. The highest BCUT2D eigenvalue weighted by molar-refractivity contribution is 5.99. The summed E-state index contributed by atoms with van der Waals surface area (Å²) >= 11 is 0. The fraction of sp³-hybridized carbons (Fsp3) is 0.176. The lowest BCUT2D eigenvalue weighted by molar-refractivity contribution is -0.131. The number of hydrogen-bond donors (Lipinski definition) is 0. The summed E-state index contributed by atoms with van der Waals surface area (Å²) in [5, 5.41) is 0. The first-order valence-electron chi connectivity index (χ1n) is 6.51. The predicted octanol–water partition coefficient (Wildman–Crippen LogP) is 3.43. The second-order valence-corrected chi connectivity index (χ2v) is 4.50. The van der Waals surface area contributed by atoms with Gasteiger partial charge in [0.2, 0.25) is 0 Å². The van der Waals surface area contributed by atoms with Crippen LogP contribution in [0.1, 0.15) is 29.3 Å². The van der Waals surface area contributed by atoms with Gasteiger partial charge in [-0.3, -0.25) is 9.59 Å². The molecule has 20 heavy (non-hydrogen) atoms. The van der Waals surface area contributed by atoms with E-state index in [1.165, 1.54) is 6.92 Å². The van der Waals surface area contributed by atoms with Crippen LogP contribution in [0, 0.1) is 0 Å². The molecule has 0 heterocycles. The molecule has 2 aromatic rings. The van der Waals surface area contributed by atoms with Gasteiger partial charge in [0.25, 0.3) is 0 Å². The number of Topliss-reactive ketones (excluding diaryl/α,β-unsaturated/α-hetero) is 1. The number of ether oxygens (including phenoxy) is 1. The maximum absolute atomic E-state index is 12.2. The highest BCUT2D eigenvalue weighted by Gasteiger charge is 2.13. The van der Waals surface area contributed by atoms with Gasteiger partial charge in [0.15, 0.2) is 5.78 Å². The van der Waals surface area contributed by atoms with Crippen molar-refractivity contribution in [2.45, 2.75) is 19.8 Å². The Balaban J connectivity index is 2.07. The van der Waals surface area contributed by atoms with E-state index >= 15 is 0 Å². The number of esters is 1. The molecule has 0 amide bonds. The lowest BCUT2D eigenvalue weighted by atomic mass is 10.0. The van der Waals surface area contributed by atoms with Gasteiger partial charge >= 0.3 is 5.97 Å². The van der Waals surface area contributed by atoms with Crippen LogP contribution in [0.3, 0.4) is 0 Å². The normalized spacial score (nSPS) is 10.1. The third kappa shape index (κ3) is 3.79. The zero-order valence-corrected chi connectivity index (χ0v) is 11.3. The summed E-state index contributed by atoms with van der Waals surface area (Å²) in [6.45, 7) is 1.32. The molecule has 3 heteroatoms. The van der Waals surface area contributed by atoms with E-state index in [2.05, 4.69) is 0 Å². The fourth-order valence-electron chi connectivity index (χ4n) is 1.98. The Bertz CT molecular complexity index is 603. The maximum Gasteiger partial charge on any atom is 0.308 e. The summed E-state index contributed by atoms with van der Waals surface area (Å²) in [4.78, 5) is 23.3. The minimum atomic E-state index is -0.423. The molecule has 0 aliphatic rings. The molecule has 0 unspecified atom stereocenters. The Labute approximate surface area is 118 Å². The van der Waals surface area contributed by atoms with Crippen molar-refractivity contribution in [1.29, 1.82) is 0 Å². The molecule has 3 nitrogen and oxygen atoms in total. The second-order valence-electron chi connectivity index (χ2n) is 4.50. The molecular weight excluding hydrogens is 252 g/mol. The molecule has 0 atom stereocenters. The van der Waals surface area contributed by atoms with Crippen LogP contribution in [0.4, 0.5) is 0 Å². The highest BCUT2D eigenvalue weighted by atomic mass is 16.5. The van der Waals surface area contributed by atoms with Crippen molar-refractivity contribution in [1.82, 2.24) is 0 Å². The monoisotopic (exact) mass is 268 g/mol. The number of hydrogen-bond acceptors (Lipinski definition) is 3. The van der Waals surface area contributed by atoms with Gasteiger partial charge in [-0.25, -0.2) is 0 Å². The summed E-state index contributed by atoms with van der Waals surface area (Å²) in [5.41, 5.74) is 1.57. The van der Waals surface area contributed by atoms with E-state index in [0.717, 1.165) is 5.56 Å². The van der Waals surface area contributed by atoms with Crippen LogP contribution in [-0.4, -0.2) is 11.8 Å². The van der Waals surface area contributed by atoms with Crippen molar-refractivity contribution in [3.8, 4) is 5.75 Å². The molecule has 0 aliphatic heterocycles. The molecule has 0 saturated carbocycles. The molecule has 2 rings (SSSR count). The number of benzene rings is 2. The van der Waals surface area contributed by atoms with Crippen molar-refractivity contribution in [2.75, 3.05) is 0 Å². The molecule has 0 aliphatic carbocycles. The van der Waals surface area contributed by atoms with Crippen molar-refractivity contribution in [3.63, 3.8) is 0 Å². The standard InChI is InChI=1S/C17H16O3/c1-13(18)20-17-10-6-5-9-15(17)16(19)12-11-14-7-3-2-4-8-14/h2-10H,11-12H2,1H3. The lowest BCUT2D eigenvalue weighted by Gasteiger charge is -2.07. The Hall–Kier alpha value is -2.42. The van der Waals surface area contributed by atoms with E-state index in [1.807, 2.05) is 30.3 Å². The van der Waals surface area contributed by atoms with Gasteiger partial charge in [0, 0.05) is 13.3 Å². The Morgan fingerprint density at radius 2 is 1.60 bits per heavy atom. The summed E-state index contributed by atoms with van der Waals surface area (Å²) in [5.74, 6) is -0.114. The summed E-state index contributed by atoms with van der Waals surface area (Å²) in [7, 11) is 0. The average molecular weight is 268 g/mol. The summed E-state index contributed by atoms with van der Waals surface area (Å²) < 4.78 is 5.06. The topological polar surface area (TPSA) is 43.4 Å². The second kappa shape index (κ2) is 6.66. The first kappa shape index (κ1) is 14.0. The minimum Gasteiger partial charge on any atom is -0.426 e. The van der Waals surface area contributed by atoms with Crippen molar-refractivity contribution in [2.24, 2.45) is 0 Å². The van der Waals surface area contributed by atoms with Gasteiger partial charge in [0.05, 0.1) is 5.56 Å². The minimum absolute atomic E-state index is 0.0225. The van der Waals surface area contributed by atoms with E-state index in [4.69, 9.17) is 4.74 Å². The molecule has 2 aromatic carbocycles. The molecule has 0 bridgehead atoms. The van der Waals surface area contributed by atoms with Gasteiger partial charge in [-0.1, -0.05) is 42.5 Å². The van der Waals surface area contributed by atoms with Gasteiger partial charge in [-0.15, -0.1) is 0 Å². The molecule has 0 fully saturated rings. The van der Waals surface area contributed by atoms with Gasteiger partial charge in [0.1, 0.15) is 5.75 Å². The van der Waals surface area contributed by atoms with Gasteiger partial charge < -0.3 is 4.74 Å². The average Bonchev–Trinajstić information content (AvgIpc) is 2.46. The van der Waals surface area contributed by atoms with E-state index in [1.54, 1.807) is 24.3 Å². The predicted molar refractivity (Wildman–Crippen MR) is 76.8 cm³/mol. The number of carbonyl (C=O) groups excluding carboxylic acids is 2.